The van der Waals surface area contributed by atoms with Crippen LogP contribution in [0.1, 0.15) is 0 Å². The zero-order chi connectivity index (χ0) is 12.6. The summed E-state index contributed by atoms with van der Waals surface area (Å²) in [6.07, 6.45) is 0. The second-order valence-corrected chi connectivity index (χ2v) is 5.06. The van der Waals surface area contributed by atoms with Crippen molar-refractivity contribution in [1.82, 2.24) is 0 Å². The smallest absolute Gasteiger partial charge is 0.0714 e. The van der Waals surface area contributed by atoms with Gasteiger partial charge in [0.2, 0.25) is 0 Å². The summed E-state index contributed by atoms with van der Waals surface area (Å²) in [6, 6.07) is 8.60. The Balaban J connectivity index is 2.73. The molecule has 0 aliphatic carbocycles. The van der Waals surface area contributed by atoms with Crippen molar-refractivity contribution in [2.75, 3.05) is 5.73 Å². The summed E-state index contributed by atoms with van der Waals surface area (Å²) < 4.78 is 0. The molecule has 0 bridgehead atoms. The predicted octanol–water partition coefficient (Wildman–Crippen LogP) is 5.55. The number of hydrogen-bond donors (Lipinski definition) is 1. The summed E-state index contributed by atoms with van der Waals surface area (Å²) >= 11 is 24.2. The van der Waals surface area contributed by atoms with Crippen LogP contribution in [-0.4, -0.2) is 0 Å². The van der Waals surface area contributed by atoms with Gasteiger partial charge < -0.3 is 5.73 Å². The largest absolute Gasteiger partial charge is 0.398 e. The first-order valence-electron chi connectivity index (χ1n) is 4.69. The van der Waals surface area contributed by atoms with Gasteiger partial charge >= 0.3 is 0 Å². The molecular weight excluding hydrogens is 300 g/mol. The number of rotatable bonds is 1. The first-order valence-corrected chi connectivity index (χ1v) is 6.21. The Labute approximate surface area is 119 Å². The maximum Gasteiger partial charge on any atom is 0.0714 e. The Bertz CT molecular complexity index is 581. The fourth-order valence-corrected chi connectivity index (χ4v) is 2.44. The molecule has 0 unspecified atom stereocenters. The first kappa shape index (κ1) is 12.8. The minimum Gasteiger partial charge on any atom is -0.398 e. The summed E-state index contributed by atoms with van der Waals surface area (Å²) in [7, 11) is 0. The molecule has 0 atom stereocenters. The molecule has 0 aromatic heterocycles. The van der Waals surface area contributed by atoms with Gasteiger partial charge in [0.05, 0.1) is 20.8 Å². The lowest BCUT2D eigenvalue weighted by atomic mass is 10.0. The van der Waals surface area contributed by atoms with Crippen LogP contribution in [0.4, 0.5) is 5.69 Å². The zero-order valence-corrected chi connectivity index (χ0v) is 11.5. The van der Waals surface area contributed by atoms with Crippen LogP contribution in [0, 0.1) is 0 Å². The summed E-state index contributed by atoms with van der Waals surface area (Å²) in [5.41, 5.74) is 7.60. The van der Waals surface area contributed by atoms with E-state index in [1.54, 1.807) is 24.3 Å². The fourth-order valence-electron chi connectivity index (χ4n) is 1.51. The third-order valence-corrected chi connectivity index (χ3v) is 3.75. The van der Waals surface area contributed by atoms with E-state index >= 15 is 0 Å². The first-order chi connectivity index (χ1) is 8.00. The van der Waals surface area contributed by atoms with Gasteiger partial charge in [0.1, 0.15) is 0 Å². The second-order valence-electron chi connectivity index (χ2n) is 3.46. The molecule has 0 aliphatic heterocycles. The minimum absolute atomic E-state index is 0.382. The van der Waals surface area contributed by atoms with Gasteiger partial charge in [-0.15, -0.1) is 0 Å². The molecule has 2 aromatic rings. The third kappa shape index (κ3) is 2.48. The average Bonchev–Trinajstić information content (AvgIpc) is 2.27. The summed E-state index contributed by atoms with van der Waals surface area (Å²) in [5, 5.41) is 1.72. The number of anilines is 1. The number of halogens is 4. The van der Waals surface area contributed by atoms with Crippen molar-refractivity contribution in [1.29, 1.82) is 0 Å². The molecule has 0 amide bonds. The van der Waals surface area contributed by atoms with Gasteiger partial charge in [-0.05, 0) is 18.2 Å². The lowest BCUT2D eigenvalue weighted by Crippen LogP contribution is -1.89. The molecule has 2 N–H and O–H groups in total. The molecule has 0 fully saturated rings. The van der Waals surface area contributed by atoms with Crippen LogP contribution >= 0.6 is 46.4 Å². The molecule has 2 rings (SSSR count). The van der Waals surface area contributed by atoms with Crippen molar-refractivity contribution in [2.45, 2.75) is 0 Å². The van der Waals surface area contributed by atoms with E-state index in [2.05, 4.69) is 0 Å². The molecule has 0 heterocycles. The van der Waals surface area contributed by atoms with Crippen molar-refractivity contribution < 1.29 is 0 Å². The van der Waals surface area contributed by atoms with E-state index in [-0.39, 0.29) is 0 Å². The summed E-state index contributed by atoms with van der Waals surface area (Å²) in [4.78, 5) is 0. The van der Waals surface area contributed by atoms with Crippen LogP contribution in [-0.2, 0) is 0 Å². The van der Waals surface area contributed by atoms with E-state index in [1.807, 2.05) is 6.07 Å². The normalized spacial score (nSPS) is 10.6. The van der Waals surface area contributed by atoms with Gasteiger partial charge in [-0.1, -0.05) is 58.5 Å². The maximum absolute atomic E-state index is 6.13. The number of hydrogen-bond acceptors (Lipinski definition) is 1. The molecule has 2 aromatic carbocycles. The topological polar surface area (TPSA) is 26.0 Å². The molecule has 0 saturated heterocycles. The lowest BCUT2D eigenvalue weighted by molar-refractivity contribution is 1.61. The lowest BCUT2D eigenvalue weighted by Gasteiger charge is -2.10. The Hall–Kier alpha value is -0.600. The van der Waals surface area contributed by atoms with Gasteiger partial charge in [0, 0.05) is 16.1 Å². The monoisotopic (exact) mass is 305 g/mol. The quantitative estimate of drug-likeness (QED) is 0.542. The Kier molecular flexibility index (Phi) is 3.74. The van der Waals surface area contributed by atoms with Gasteiger partial charge in [-0.3, -0.25) is 0 Å². The van der Waals surface area contributed by atoms with Crippen LogP contribution in [0.2, 0.25) is 20.1 Å². The molecule has 0 saturated carbocycles. The van der Waals surface area contributed by atoms with Crippen molar-refractivity contribution in [3.63, 3.8) is 0 Å². The standard InChI is InChI=1S/C12H7Cl4N/c13-6-4-8(11(15)9(14)5-6)7-2-1-3-10(17)12(7)16/h1-5H,17H2. The van der Waals surface area contributed by atoms with E-state index in [1.165, 1.54) is 0 Å². The van der Waals surface area contributed by atoms with Crippen LogP contribution in [0.25, 0.3) is 11.1 Å². The van der Waals surface area contributed by atoms with Crippen LogP contribution in [0.15, 0.2) is 30.3 Å². The van der Waals surface area contributed by atoms with E-state index in [0.29, 0.717) is 36.9 Å². The second kappa shape index (κ2) is 4.95. The van der Waals surface area contributed by atoms with E-state index in [4.69, 9.17) is 52.1 Å². The van der Waals surface area contributed by atoms with Crippen molar-refractivity contribution in [2.24, 2.45) is 0 Å². The van der Waals surface area contributed by atoms with Crippen molar-refractivity contribution in [3.05, 3.63) is 50.4 Å². The van der Waals surface area contributed by atoms with Crippen LogP contribution in [0.5, 0.6) is 0 Å². The van der Waals surface area contributed by atoms with E-state index in [0.717, 1.165) is 0 Å². The minimum atomic E-state index is 0.382. The highest BCUT2D eigenvalue weighted by atomic mass is 35.5. The van der Waals surface area contributed by atoms with Gasteiger partial charge in [-0.25, -0.2) is 0 Å². The summed E-state index contributed by atoms with van der Waals surface area (Å²) in [6.45, 7) is 0. The van der Waals surface area contributed by atoms with Gasteiger partial charge in [0.15, 0.2) is 0 Å². The predicted molar refractivity (Wildman–Crippen MR) is 76.3 cm³/mol. The van der Waals surface area contributed by atoms with Crippen molar-refractivity contribution in [3.8, 4) is 11.1 Å². The van der Waals surface area contributed by atoms with Crippen molar-refractivity contribution >= 4 is 52.1 Å². The maximum atomic E-state index is 6.13. The van der Waals surface area contributed by atoms with E-state index in [9.17, 15) is 0 Å². The van der Waals surface area contributed by atoms with Crippen LogP contribution in [0.3, 0.4) is 0 Å². The molecule has 17 heavy (non-hydrogen) atoms. The molecular formula is C12H7Cl4N. The zero-order valence-electron chi connectivity index (χ0n) is 8.48. The average molecular weight is 307 g/mol. The highest BCUT2D eigenvalue weighted by molar-refractivity contribution is 6.45. The Morgan fingerprint density at radius 2 is 1.53 bits per heavy atom. The Morgan fingerprint density at radius 1 is 0.824 bits per heavy atom. The number of nitrogens with two attached hydrogens (primary N) is 1. The molecule has 0 spiro atoms. The molecule has 1 nitrogen and oxygen atoms in total. The molecule has 5 heteroatoms. The molecule has 88 valence electrons. The highest BCUT2D eigenvalue weighted by Gasteiger charge is 2.13. The van der Waals surface area contributed by atoms with E-state index < -0.39 is 0 Å². The summed E-state index contributed by atoms with van der Waals surface area (Å²) in [5.74, 6) is 0. The highest BCUT2D eigenvalue weighted by Crippen LogP contribution is 2.40. The van der Waals surface area contributed by atoms with Gasteiger partial charge in [-0.2, -0.15) is 0 Å². The number of benzene rings is 2. The van der Waals surface area contributed by atoms with Gasteiger partial charge in [0.25, 0.3) is 0 Å². The number of nitrogen functional groups attached to an aromatic ring is 1. The fraction of sp³-hybridized carbons (Fsp3) is 0. The molecule has 0 radical (unpaired) electrons. The third-order valence-electron chi connectivity index (χ3n) is 2.31. The SMILES string of the molecule is Nc1cccc(-c2cc(Cl)cc(Cl)c2Cl)c1Cl. The van der Waals surface area contributed by atoms with Crippen LogP contribution < -0.4 is 5.73 Å². The molecule has 0 aliphatic rings. The Morgan fingerprint density at radius 3 is 2.24 bits per heavy atom.